The summed E-state index contributed by atoms with van der Waals surface area (Å²) in [5.41, 5.74) is 8.35. The monoisotopic (exact) mass is 327 g/mol. The summed E-state index contributed by atoms with van der Waals surface area (Å²) in [5.74, 6) is 0.730. The van der Waals surface area contributed by atoms with Crippen molar-refractivity contribution in [3.05, 3.63) is 36.0 Å². The van der Waals surface area contributed by atoms with Crippen molar-refractivity contribution in [3.63, 3.8) is 0 Å². The number of unbranched alkanes of at least 4 members (excludes halogenated alkanes) is 5. The Labute approximate surface area is 146 Å². The van der Waals surface area contributed by atoms with Crippen LogP contribution in [0.1, 0.15) is 62.8 Å². The highest BCUT2D eigenvalue weighted by molar-refractivity contribution is 5.83. The van der Waals surface area contributed by atoms with Crippen LogP contribution in [-0.2, 0) is 0 Å². The summed E-state index contributed by atoms with van der Waals surface area (Å²) in [6.45, 7) is 4.66. The molecule has 1 fully saturated rings. The van der Waals surface area contributed by atoms with Gasteiger partial charge in [-0.2, -0.15) is 0 Å². The summed E-state index contributed by atoms with van der Waals surface area (Å²) >= 11 is 0. The molecule has 2 aromatic rings. The number of nitrogens with zero attached hydrogens (tertiary/aromatic N) is 1. The predicted octanol–water partition coefficient (Wildman–Crippen LogP) is 4.65. The van der Waals surface area contributed by atoms with E-state index in [9.17, 15) is 0 Å². The summed E-state index contributed by atoms with van der Waals surface area (Å²) in [7, 11) is 0. The first-order valence-corrected chi connectivity index (χ1v) is 9.87. The molecule has 0 aliphatic carbocycles. The van der Waals surface area contributed by atoms with Crippen molar-refractivity contribution in [2.75, 3.05) is 26.2 Å². The average Bonchev–Trinajstić information content (AvgIpc) is 3.06. The first-order valence-electron chi connectivity index (χ1n) is 9.87. The molecule has 2 heterocycles. The van der Waals surface area contributed by atoms with Crippen LogP contribution >= 0.6 is 0 Å². The molecule has 3 nitrogen and oxygen atoms in total. The maximum Gasteiger partial charge on any atom is 0.0456 e. The van der Waals surface area contributed by atoms with Crippen molar-refractivity contribution in [1.82, 2.24) is 9.88 Å². The van der Waals surface area contributed by atoms with Gasteiger partial charge >= 0.3 is 0 Å². The number of likely N-dealkylation sites (tertiary alicyclic amines) is 1. The molecule has 0 amide bonds. The van der Waals surface area contributed by atoms with Crippen LogP contribution < -0.4 is 5.73 Å². The predicted molar refractivity (Wildman–Crippen MR) is 103 cm³/mol. The van der Waals surface area contributed by atoms with Gasteiger partial charge in [0.25, 0.3) is 0 Å². The van der Waals surface area contributed by atoms with Crippen LogP contribution in [0.2, 0.25) is 0 Å². The highest BCUT2D eigenvalue weighted by atomic mass is 15.1. The molecule has 1 aromatic carbocycles. The number of piperidine rings is 1. The molecule has 1 aromatic heterocycles. The van der Waals surface area contributed by atoms with Crippen molar-refractivity contribution in [2.45, 2.75) is 57.3 Å². The van der Waals surface area contributed by atoms with Crippen molar-refractivity contribution < 1.29 is 0 Å². The lowest BCUT2D eigenvalue weighted by Gasteiger charge is -2.32. The number of hydrogen-bond acceptors (Lipinski definition) is 2. The number of aromatic amines is 1. The first-order chi connectivity index (χ1) is 11.9. The molecule has 24 heavy (non-hydrogen) atoms. The Morgan fingerprint density at radius 3 is 2.46 bits per heavy atom. The molecule has 1 saturated heterocycles. The third kappa shape index (κ3) is 4.61. The molecule has 132 valence electrons. The number of fused-ring (bicyclic) bond motifs is 1. The van der Waals surface area contributed by atoms with Gasteiger partial charge in [-0.1, -0.05) is 43.9 Å². The second-order valence-electron chi connectivity index (χ2n) is 7.32. The Bertz CT molecular complexity index is 596. The van der Waals surface area contributed by atoms with E-state index in [-0.39, 0.29) is 0 Å². The van der Waals surface area contributed by atoms with Crippen LogP contribution in [0.3, 0.4) is 0 Å². The number of aromatic nitrogens is 1. The lowest BCUT2D eigenvalue weighted by atomic mass is 9.89. The fraction of sp³-hybridized carbons (Fsp3) is 0.619. The van der Waals surface area contributed by atoms with Crippen LogP contribution in [0, 0.1) is 0 Å². The lowest BCUT2D eigenvalue weighted by Crippen LogP contribution is -2.33. The Morgan fingerprint density at radius 1 is 0.958 bits per heavy atom. The summed E-state index contributed by atoms with van der Waals surface area (Å²) in [4.78, 5) is 6.11. The molecule has 0 saturated carbocycles. The van der Waals surface area contributed by atoms with Gasteiger partial charge < -0.3 is 15.6 Å². The van der Waals surface area contributed by atoms with E-state index in [2.05, 4.69) is 40.3 Å². The Hall–Kier alpha value is -1.32. The molecular formula is C21H33N3. The van der Waals surface area contributed by atoms with Crippen LogP contribution in [0.5, 0.6) is 0 Å². The molecule has 0 radical (unpaired) electrons. The number of nitrogens with one attached hydrogen (secondary N) is 1. The van der Waals surface area contributed by atoms with Gasteiger partial charge in [-0.25, -0.2) is 0 Å². The Kier molecular flexibility index (Phi) is 6.74. The van der Waals surface area contributed by atoms with E-state index in [1.807, 2.05) is 0 Å². The smallest absolute Gasteiger partial charge is 0.0456 e. The molecule has 0 unspecified atom stereocenters. The average molecular weight is 328 g/mol. The van der Waals surface area contributed by atoms with Gasteiger partial charge in [-0.3, -0.25) is 0 Å². The molecule has 0 bridgehead atoms. The van der Waals surface area contributed by atoms with Crippen LogP contribution in [0.15, 0.2) is 30.5 Å². The minimum absolute atomic E-state index is 0.730. The number of para-hydroxylation sites is 1. The largest absolute Gasteiger partial charge is 0.361 e. The van der Waals surface area contributed by atoms with Gasteiger partial charge in [0.1, 0.15) is 0 Å². The van der Waals surface area contributed by atoms with Crippen LogP contribution in [-0.4, -0.2) is 36.1 Å². The first kappa shape index (κ1) is 17.5. The van der Waals surface area contributed by atoms with Crippen molar-refractivity contribution in [1.29, 1.82) is 0 Å². The molecule has 0 spiro atoms. The Morgan fingerprint density at radius 2 is 1.67 bits per heavy atom. The van der Waals surface area contributed by atoms with Crippen LogP contribution in [0.4, 0.5) is 0 Å². The molecule has 3 heteroatoms. The SMILES string of the molecule is NCCCCCCCCN1CCC(c2c[nH]c3ccccc23)CC1. The maximum absolute atomic E-state index is 5.54. The normalized spacial score (nSPS) is 16.9. The second-order valence-corrected chi connectivity index (χ2v) is 7.32. The summed E-state index contributed by atoms with van der Waals surface area (Å²) in [6, 6.07) is 8.71. The number of rotatable bonds is 9. The van der Waals surface area contributed by atoms with Crippen molar-refractivity contribution in [2.24, 2.45) is 5.73 Å². The third-order valence-electron chi connectivity index (χ3n) is 5.58. The quantitative estimate of drug-likeness (QED) is 0.659. The molecular weight excluding hydrogens is 294 g/mol. The number of hydrogen-bond donors (Lipinski definition) is 2. The molecule has 1 aliphatic rings. The van der Waals surface area contributed by atoms with E-state index >= 15 is 0 Å². The van der Waals surface area contributed by atoms with Crippen molar-refractivity contribution >= 4 is 10.9 Å². The standard InChI is InChI=1S/C21H33N3/c22-13-7-3-1-2-4-8-14-24-15-11-18(12-16-24)20-17-23-21-10-6-5-9-19(20)21/h5-6,9-10,17-18,23H,1-4,7-8,11-16,22H2. The van der Waals surface area contributed by atoms with E-state index in [4.69, 9.17) is 5.73 Å². The summed E-state index contributed by atoms with van der Waals surface area (Å²) in [5, 5.41) is 1.42. The van der Waals surface area contributed by atoms with Gasteiger partial charge in [0.2, 0.25) is 0 Å². The lowest BCUT2D eigenvalue weighted by molar-refractivity contribution is 0.208. The highest BCUT2D eigenvalue weighted by Crippen LogP contribution is 2.33. The topological polar surface area (TPSA) is 45.0 Å². The molecule has 1 aliphatic heterocycles. The van der Waals surface area contributed by atoms with Gasteiger partial charge in [0.15, 0.2) is 0 Å². The zero-order valence-electron chi connectivity index (χ0n) is 15.0. The fourth-order valence-electron chi connectivity index (χ4n) is 4.09. The van der Waals surface area contributed by atoms with E-state index in [1.165, 1.54) is 87.5 Å². The van der Waals surface area contributed by atoms with E-state index < -0.39 is 0 Å². The zero-order chi connectivity index (χ0) is 16.6. The number of benzene rings is 1. The molecule has 3 N–H and O–H groups in total. The van der Waals surface area contributed by atoms with E-state index in [0.29, 0.717) is 0 Å². The number of nitrogens with two attached hydrogens (primary N) is 1. The van der Waals surface area contributed by atoms with E-state index in [0.717, 1.165) is 12.5 Å². The van der Waals surface area contributed by atoms with Gasteiger partial charge in [-0.15, -0.1) is 0 Å². The van der Waals surface area contributed by atoms with Gasteiger partial charge in [0.05, 0.1) is 0 Å². The van der Waals surface area contributed by atoms with Crippen LogP contribution in [0.25, 0.3) is 10.9 Å². The highest BCUT2D eigenvalue weighted by Gasteiger charge is 2.22. The summed E-state index contributed by atoms with van der Waals surface area (Å²) < 4.78 is 0. The Balaban J connectivity index is 1.37. The minimum atomic E-state index is 0.730. The summed E-state index contributed by atoms with van der Waals surface area (Å²) in [6.07, 6.45) is 12.8. The minimum Gasteiger partial charge on any atom is -0.361 e. The molecule has 3 rings (SSSR count). The molecule has 0 atom stereocenters. The van der Waals surface area contributed by atoms with Crippen molar-refractivity contribution in [3.8, 4) is 0 Å². The van der Waals surface area contributed by atoms with Gasteiger partial charge in [-0.05, 0) is 69.4 Å². The third-order valence-corrected chi connectivity index (χ3v) is 5.58. The number of H-pyrrole nitrogens is 1. The fourth-order valence-corrected chi connectivity index (χ4v) is 4.09. The van der Waals surface area contributed by atoms with Gasteiger partial charge in [0, 0.05) is 17.1 Å². The second kappa shape index (κ2) is 9.24. The zero-order valence-corrected chi connectivity index (χ0v) is 15.0. The maximum atomic E-state index is 5.54. The van der Waals surface area contributed by atoms with E-state index in [1.54, 1.807) is 0 Å².